The van der Waals surface area contributed by atoms with E-state index in [1.807, 2.05) is 36.4 Å². The molecule has 0 aliphatic carbocycles. The third kappa shape index (κ3) is 4.45. The van der Waals surface area contributed by atoms with Crippen LogP contribution in [0.25, 0.3) is 0 Å². The molecule has 2 aromatic carbocycles. The van der Waals surface area contributed by atoms with Crippen molar-refractivity contribution in [1.29, 1.82) is 5.26 Å². The van der Waals surface area contributed by atoms with E-state index in [-0.39, 0.29) is 11.9 Å². The van der Waals surface area contributed by atoms with E-state index in [0.29, 0.717) is 17.9 Å². The van der Waals surface area contributed by atoms with E-state index in [2.05, 4.69) is 15.4 Å². The van der Waals surface area contributed by atoms with Gasteiger partial charge in [0, 0.05) is 0 Å². The van der Waals surface area contributed by atoms with Gasteiger partial charge in [-0.1, -0.05) is 30.3 Å². The first kappa shape index (κ1) is 17.2. The summed E-state index contributed by atoms with van der Waals surface area (Å²) in [6.45, 7) is 2.20. The Morgan fingerprint density at radius 2 is 1.96 bits per heavy atom. The molecule has 0 saturated heterocycles. The molecule has 0 aliphatic heterocycles. The lowest BCUT2D eigenvalue weighted by Gasteiger charge is -2.13. The predicted octanol–water partition coefficient (Wildman–Crippen LogP) is 2.60. The van der Waals surface area contributed by atoms with E-state index in [4.69, 9.17) is 10.00 Å². The highest BCUT2D eigenvalue weighted by Gasteiger charge is 2.16. The Labute approximate surface area is 150 Å². The van der Waals surface area contributed by atoms with E-state index in [1.165, 1.54) is 0 Å². The molecular weight excluding hydrogens is 330 g/mol. The third-order valence-corrected chi connectivity index (χ3v) is 3.62. The highest BCUT2D eigenvalue weighted by molar-refractivity contribution is 5.92. The van der Waals surface area contributed by atoms with Crippen LogP contribution in [0.2, 0.25) is 0 Å². The number of hydrogen-bond donors (Lipinski definition) is 1. The topological polar surface area (TPSA) is 92.8 Å². The van der Waals surface area contributed by atoms with Crippen molar-refractivity contribution in [2.24, 2.45) is 0 Å². The lowest BCUT2D eigenvalue weighted by atomic mass is 10.2. The lowest BCUT2D eigenvalue weighted by Crippen LogP contribution is -2.30. The van der Waals surface area contributed by atoms with Crippen molar-refractivity contribution >= 4 is 11.9 Å². The van der Waals surface area contributed by atoms with Gasteiger partial charge in [0.15, 0.2) is 6.10 Å². The number of benzene rings is 2. The Bertz CT molecular complexity index is 913. The lowest BCUT2D eigenvalue weighted by molar-refractivity contribution is -0.122. The zero-order chi connectivity index (χ0) is 18.4. The molecule has 130 valence electrons. The van der Waals surface area contributed by atoms with Crippen LogP contribution < -0.4 is 10.1 Å². The van der Waals surface area contributed by atoms with E-state index < -0.39 is 6.10 Å². The minimum absolute atomic E-state index is 0.223. The van der Waals surface area contributed by atoms with Crippen LogP contribution in [0.15, 0.2) is 60.9 Å². The fraction of sp³-hybridized carbons (Fsp3) is 0.158. The van der Waals surface area contributed by atoms with Crippen LogP contribution in [0.1, 0.15) is 18.1 Å². The summed E-state index contributed by atoms with van der Waals surface area (Å²) >= 11 is 0. The van der Waals surface area contributed by atoms with Gasteiger partial charge in [0.2, 0.25) is 5.95 Å². The molecule has 0 unspecified atom stereocenters. The fourth-order valence-electron chi connectivity index (χ4n) is 2.28. The largest absolute Gasteiger partial charge is 0.481 e. The molecule has 1 N–H and O–H groups in total. The molecule has 26 heavy (non-hydrogen) atoms. The normalized spacial score (nSPS) is 11.4. The zero-order valence-corrected chi connectivity index (χ0v) is 14.2. The van der Waals surface area contributed by atoms with Crippen LogP contribution in [0.3, 0.4) is 0 Å². The number of aromatic nitrogens is 3. The Morgan fingerprint density at radius 3 is 2.65 bits per heavy atom. The monoisotopic (exact) mass is 347 g/mol. The quantitative estimate of drug-likeness (QED) is 0.740. The highest BCUT2D eigenvalue weighted by atomic mass is 16.5. The summed E-state index contributed by atoms with van der Waals surface area (Å²) in [6.07, 6.45) is 0.832. The number of ether oxygens (including phenoxy) is 1. The molecule has 0 saturated carbocycles. The molecule has 0 bridgehead atoms. The Balaban J connectivity index is 1.56. The van der Waals surface area contributed by atoms with Gasteiger partial charge in [-0.25, -0.2) is 9.67 Å². The Morgan fingerprint density at radius 1 is 1.23 bits per heavy atom. The van der Waals surface area contributed by atoms with Crippen LogP contribution in [0, 0.1) is 11.3 Å². The number of nitriles is 1. The molecule has 7 heteroatoms. The summed E-state index contributed by atoms with van der Waals surface area (Å²) in [4.78, 5) is 16.3. The van der Waals surface area contributed by atoms with Crippen molar-refractivity contribution in [3.63, 3.8) is 0 Å². The zero-order valence-electron chi connectivity index (χ0n) is 14.2. The van der Waals surface area contributed by atoms with E-state index in [0.717, 1.165) is 5.56 Å². The molecular formula is C19H17N5O2. The summed E-state index contributed by atoms with van der Waals surface area (Å²) in [6, 6.07) is 18.4. The molecule has 7 nitrogen and oxygen atoms in total. The molecule has 1 atom stereocenters. The van der Waals surface area contributed by atoms with Gasteiger partial charge < -0.3 is 4.74 Å². The van der Waals surface area contributed by atoms with Gasteiger partial charge in [0.05, 0.1) is 18.2 Å². The van der Waals surface area contributed by atoms with Crippen molar-refractivity contribution in [1.82, 2.24) is 14.8 Å². The maximum atomic E-state index is 12.2. The molecule has 1 amide bonds. The molecule has 1 aromatic heterocycles. The maximum Gasteiger partial charge on any atom is 0.267 e. The molecule has 3 rings (SSSR count). The SMILES string of the molecule is C[C@@H](Oc1ccc(C#N)cc1)C(=O)Nc1ncn(Cc2ccccc2)n1. The van der Waals surface area contributed by atoms with Crippen molar-refractivity contribution in [2.45, 2.75) is 19.6 Å². The van der Waals surface area contributed by atoms with Gasteiger partial charge in [0.25, 0.3) is 5.91 Å². The number of hydrogen-bond acceptors (Lipinski definition) is 5. The molecule has 0 aliphatic rings. The summed E-state index contributed by atoms with van der Waals surface area (Å²) in [5.41, 5.74) is 1.62. The first-order chi connectivity index (χ1) is 12.6. The van der Waals surface area contributed by atoms with Crippen LogP contribution in [-0.2, 0) is 11.3 Å². The Hall–Kier alpha value is -3.66. The maximum absolute atomic E-state index is 12.2. The fourth-order valence-corrected chi connectivity index (χ4v) is 2.28. The van der Waals surface area contributed by atoms with Crippen LogP contribution in [-0.4, -0.2) is 26.8 Å². The summed E-state index contributed by atoms with van der Waals surface area (Å²) < 4.78 is 7.22. The van der Waals surface area contributed by atoms with Gasteiger partial charge in [-0.2, -0.15) is 5.26 Å². The summed E-state index contributed by atoms with van der Waals surface area (Å²) in [7, 11) is 0. The number of carbonyl (C=O) groups excluding carboxylic acids is 1. The van der Waals surface area contributed by atoms with Gasteiger partial charge in [0.1, 0.15) is 12.1 Å². The molecule has 0 spiro atoms. The standard InChI is InChI=1S/C19H17N5O2/c1-14(26-17-9-7-15(11-20)8-10-17)18(25)22-19-21-13-24(23-19)12-16-5-3-2-4-6-16/h2-10,13-14H,12H2,1H3,(H,22,23,25)/t14-/m1/s1. The average molecular weight is 347 g/mol. The van der Waals surface area contributed by atoms with Crippen LogP contribution in [0.5, 0.6) is 5.75 Å². The van der Waals surface area contributed by atoms with Crippen molar-refractivity contribution in [2.75, 3.05) is 5.32 Å². The number of rotatable bonds is 6. The average Bonchev–Trinajstić information content (AvgIpc) is 3.10. The predicted molar refractivity (Wildman–Crippen MR) is 95.4 cm³/mol. The molecule has 3 aromatic rings. The Kier molecular flexibility index (Phi) is 5.25. The van der Waals surface area contributed by atoms with Crippen LogP contribution in [0.4, 0.5) is 5.95 Å². The van der Waals surface area contributed by atoms with Gasteiger partial charge >= 0.3 is 0 Å². The smallest absolute Gasteiger partial charge is 0.267 e. The van der Waals surface area contributed by atoms with Crippen molar-refractivity contribution < 1.29 is 9.53 Å². The van der Waals surface area contributed by atoms with E-state index >= 15 is 0 Å². The first-order valence-electron chi connectivity index (χ1n) is 8.05. The van der Waals surface area contributed by atoms with Crippen molar-refractivity contribution in [3.05, 3.63) is 72.1 Å². The second kappa shape index (κ2) is 7.94. The number of anilines is 1. The third-order valence-electron chi connectivity index (χ3n) is 3.62. The number of nitrogens with one attached hydrogen (secondary N) is 1. The highest BCUT2D eigenvalue weighted by Crippen LogP contribution is 2.14. The first-order valence-corrected chi connectivity index (χ1v) is 8.05. The number of amides is 1. The number of carbonyl (C=O) groups is 1. The van der Waals surface area contributed by atoms with Crippen LogP contribution >= 0.6 is 0 Å². The van der Waals surface area contributed by atoms with Gasteiger partial charge in [-0.15, -0.1) is 5.10 Å². The number of nitrogens with zero attached hydrogens (tertiary/aromatic N) is 4. The molecule has 0 fully saturated rings. The second-order valence-corrected chi connectivity index (χ2v) is 5.64. The van der Waals surface area contributed by atoms with E-state index in [1.54, 1.807) is 42.2 Å². The molecule has 0 radical (unpaired) electrons. The van der Waals surface area contributed by atoms with E-state index in [9.17, 15) is 4.79 Å². The minimum atomic E-state index is -0.732. The molecule has 1 heterocycles. The summed E-state index contributed by atoms with van der Waals surface area (Å²) in [5, 5.41) is 15.7. The van der Waals surface area contributed by atoms with Crippen molar-refractivity contribution in [3.8, 4) is 11.8 Å². The van der Waals surface area contributed by atoms with Gasteiger partial charge in [-0.3, -0.25) is 10.1 Å². The second-order valence-electron chi connectivity index (χ2n) is 5.64. The van der Waals surface area contributed by atoms with Gasteiger partial charge in [-0.05, 0) is 36.8 Å². The summed E-state index contributed by atoms with van der Waals surface area (Å²) in [5.74, 6) is 0.377. The minimum Gasteiger partial charge on any atom is -0.481 e.